The number of rotatable bonds is 6. The molecule has 0 atom stereocenters. The van der Waals surface area contributed by atoms with Crippen LogP contribution in [0.25, 0.3) is 0 Å². The highest BCUT2D eigenvalue weighted by Crippen LogP contribution is 2.21. The standard InChI is InChI=1S/C21H22N4O2/c1-14-8-9-15(2)17(10-14)25-20-11-18(23-13-24-20)21(26)22-12-16-6-4-5-7-19(16)27-3/h4-11,13H,12H2,1-3H3,(H,22,26)(H,23,24,25). The summed E-state index contributed by atoms with van der Waals surface area (Å²) >= 11 is 0. The highest BCUT2D eigenvalue weighted by Gasteiger charge is 2.11. The fourth-order valence-electron chi connectivity index (χ4n) is 2.67. The minimum absolute atomic E-state index is 0.271. The van der Waals surface area contributed by atoms with Crippen LogP contribution in [0.2, 0.25) is 0 Å². The summed E-state index contributed by atoms with van der Waals surface area (Å²) in [5.41, 5.74) is 4.39. The predicted molar refractivity (Wildman–Crippen MR) is 105 cm³/mol. The number of nitrogens with zero attached hydrogens (tertiary/aromatic N) is 2. The van der Waals surface area contributed by atoms with Gasteiger partial charge in [0, 0.05) is 23.9 Å². The van der Waals surface area contributed by atoms with E-state index in [1.807, 2.05) is 50.2 Å². The van der Waals surface area contributed by atoms with E-state index in [0.717, 1.165) is 28.1 Å². The normalized spacial score (nSPS) is 10.3. The Morgan fingerprint density at radius 3 is 2.70 bits per heavy atom. The number of anilines is 2. The van der Waals surface area contributed by atoms with Crippen LogP contribution in [0, 0.1) is 13.8 Å². The molecule has 1 aromatic heterocycles. The maximum absolute atomic E-state index is 12.5. The number of hydrogen-bond donors (Lipinski definition) is 2. The van der Waals surface area contributed by atoms with E-state index in [0.29, 0.717) is 18.1 Å². The lowest BCUT2D eigenvalue weighted by atomic mass is 10.1. The van der Waals surface area contributed by atoms with Gasteiger partial charge in [-0.3, -0.25) is 4.79 Å². The summed E-state index contributed by atoms with van der Waals surface area (Å²) in [6.07, 6.45) is 1.38. The largest absolute Gasteiger partial charge is 0.496 e. The molecule has 6 heteroatoms. The number of nitrogens with one attached hydrogen (secondary N) is 2. The number of benzene rings is 2. The van der Waals surface area contributed by atoms with Gasteiger partial charge in [-0.15, -0.1) is 0 Å². The second kappa shape index (κ2) is 8.31. The summed E-state index contributed by atoms with van der Waals surface area (Å²) in [7, 11) is 1.61. The first kappa shape index (κ1) is 18.4. The van der Waals surface area contributed by atoms with Crippen molar-refractivity contribution in [3.8, 4) is 5.75 Å². The van der Waals surface area contributed by atoms with Crippen molar-refractivity contribution in [1.82, 2.24) is 15.3 Å². The van der Waals surface area contributed by atoms with Gasteiger partial charge in [-0.2, -0.15) is 0 Å². The smallest absolute Gasteiger partial charge is 0.270 e. The summed E-state index contributed by atoms with van der Waals surface area (Å²) in [6.45, 7) is 4.40. The zero-order valence-electron chi connectivity index (χ0n) is 15.6. The lowest BCUT2D eigenvalue weighted by molar-refractivity contribution is 0.0945. The zero-order chi connectivity index (χ0) is 19.2. The Morgan fingerprint density at radius 2 is 1.89 bits per heavy atom. The molecule has 0 radical (unpaired) electrons. The molecule has 0 bridgehead atoms. The fourth-order valence-corrected chi connectivity index (χ4v) is 2.67. The number of methoxy groups -OCH3 is 1. The molecule has 2 aromatic carbocycles. The van der Waals surface area contributed by atoms with Gasteiger partial charge in [0.15, 0.2) is 0 Å². The first-order chi connectivity index (χ1) is 13.1. The van der Waals surface area contributed by atoms with Crippen LogP contribution in [0.5, 0.6) is 5.75 Å². The molecule has 0 aliphatic rings. The second-order valence-corrected chi connectivity index (χ2v) is 6.23. The number of carbonyl (C=O) groups is 1. The van der Waals surface area contributed by atoms with Crippen molar-refractivity contribution in [2.75, 3.05) is 12.4 Å². The van der Waals surface area contributed by atoms with Crippen molar-refractivity contribution in [2.45, 2.75) is 20.4 Å². The lowest BCUT2D eigenvalue weighted by Gasteiger charge is -2.11. The Balaban J connectivity index is 1.71. The molecule has 27 heavy (non-hydrogen) atoms. The van der Waals surface area contributed by atoms with Gasteiger partial charge in [-0.25, -0.2) is 9.97 Å². The van der Waals surface area contributed by atoms with Crippen molar-refractivity contribution < 1.29 is 9.53 Å². The molecule has 0 saturated carbocycles. The quantitative estimate of drug-likeness (QED) is 0.698. The summed E-state index contributed by atoms with van der Waals surface area (Å²) in [4.78, 5) is 20.8. The molecule has 0 unspecified atom stereocenters. The van der Waals surface area contributed by atoms with Gasteiger partial charge in [0.05, 0.1) is 7.11 Å². The van der Waals surface area contributed by atoms with E-state index >= 15 is 0 Å². The molecule has 0 aliphatic carbocycles. The van der Waals surface area contributed by atoms with Gasteiger partial charge in [-0.05, 0) is 37.1 Å². The summed E-state index contributed by atoms with van der Waals surface area (Å²) < 4.78 is 5.30. The third-order valence-corrected chi connectivity index (χ3v) is 4.19. The van der Waals surface area contributed by atoms with Gasteiger partial charge in [0.1, 0.15) is 23.6 Å². The summed E-state index contributed by atoms with van der Waals surface area (Å²) in [5, 5.41) is 6.11. The van der Waals surface area contributed by atoms with E-state index in [9.17, 15) is 4.79 Å². The molecule has 0 aliphatic heterocycles. The highest BCUT2D eigenvalue weighted by molar-refractivity contribution is 5.93. The molecule has 0 spiro atoms. The molecule has 1 heterocycles. The fraction of sp³-hybridized carbons (Fsp3) is 0.190. The van der Waals surface area contributed by atoms with E-state index in [2.05, 4.69) is 26.7 Å². The number of aromatic nitrogens is 2. The minimum atomic E-state index is -0.271. The van der Waals surface area contributed by atoms with Crippen LogP contribution >= 0.6 is 0 Å². The molecular weight excluding hydrogens is 340 g/mol. The van der Waals surface area contributed by atoms with Crippen LogP contribution < -0.4 is 15.4 Å². The Hall–Kier alpha value is -3.41. The molecule has 3 rings (SSSR count). The number of ether oxygens (including phenoxy) is 1. The highest BCUT2D eigenvalue weighted by atomic mass is 16.5. The van der Waals surface area contributed by atoms with Crippen LogP contribution in [0.4, 0.5) is 11.5 Å². The third-order valence-electron chi connectivity index (χ3n) is 4.19. The SMILES string of the molecule is COc1ccccc1CNC(=O)c1cc(Nc2cc(C)ccc2C)ncn1. The topological polar surface area (TPSA) is 76.1 Å². The zero-order valence-corrected chi connectivity index (χ0v) is 15.6. The van der Waals surface area contributed by atoms with Crippen LogP contribution in [0.1, 0.15) is 27.2 Å². The Bertz CT molecular complexity index is 956. The van der Waals surface area contributed by atoms with Crippen LogP contribution in [0.15, 0.2) is 54.9 Å². The molecule has 6 nitrogen and oxygen atoms in total. The van der Waals surface area contributed by atoms with Gasteiger partial charge < -0.3 is 15.4 Å². The van der Waals surface area contributed by atoms with Crippen molar-refractivity contribution >= 4 is 17.4 Å². The van der Waals surface area contributed by atoms with Gasteiger partial charge in [-0.1, -0.05) is 30.3 Å². The molecule has 3 aromatic rings. The molecule has 0 fully saturated rings. The third kappa shape index (κ3) is 4.61. The van der Waals surface area contributed by atoms with Crippen LogP contribution in [0.3, 0.4) is 0 Å². The van der Waals surface area contributed by atoms with E-state index in [1.165, 1.54) is 6.33 Å². The average molecular weight is 362 g/mol. The van der Waals surface area contributed by atoms with Gasteiger partial charge >= 0.3 is 0 Å². The Morgan fingerprint density at radius 1 is 1.07 bits per heavy atom. The predicted octanol–water partition coefficient (Wildman–Crippen LogP) is 3.78. The molecule has 1 amide bonds. The van der Waals surface area contributed by atoms with Gasteiger partial charge in [0.25, 0.3) is 5.91 Å². The first-order valence-corrected chi connectivity index (χ1v) is 8.63. The lowest BCUT2D eigenvalue weighted by Crippen LogP contribution is -2.24. The molecule has 2 N–H and O–H groups in total. The Labute approximate surface area is 158 Å². The molecular formula is C21H22N4O2. The Kier molecular flexibility index (Phi) is 5.66. The van der Waals surface area contributed by atoms with Crippen molar-refractivity contribution in [2.24, 2.45) is 0 Å². The minimum Gasteiger partial charge on any atom is -0.496 e. The summed E-state index contributed by atoms with van der Waals surface area (Å²) in [5.74, 6) is 1.03. The molecule has 0 saturated heterocycles. The maximum Gasteiger partial charge on any atom is 0.270 e. The number of hydrogen-bond acceptors (Lipinski definition) is 5. The van der Waals surface area contributed by atoms with Crippen LogP contribution in [-0.4, -0.2) is 23.0 Å². The molecule has 138 valence electrons. The summed E-state index contributed by atoms with van der Waals surface area (Å²) in [6, 6.07) is 15.3. The van der Waals surface area contributed by atoms with Gasteiger partial charge in [0.2, 0.25) is 0 Å². The van der Waals surface area contributed by atoms with Crippen molar-refractivity contribution in [3.63, 3.8) is 0 Å². The van der Waals surface area contributed by atoms with E-state index in [1.54, 1.807) is 13.2 Å². The number of para-hydroxylation sites is 1. The van der Waals surface area contributed by atoms with E-state index in [4.69, 9.17) is 4.74 Å². The van der Waals surface area contributed by atoms with Crippen molar-refractivity contribution in [1.29, 1.82) is 0 Å². The number of amides is 1. The number of carbonyl (C=O) groups excluding carboxylic acids is 1. The maximum atomic E-state index is 12.5. The van der Waals surface area contributed by atoms with E-state index < -0.39 is 0 Å². The average Bonchev–Trinajstić information content (AvgIpc) is 2.69. The van der Waals surface area contributed by atoms with E-state index in [-0.39, 0.29) is 5.91 Å². The first-order valence-electron chi connectivity index (χ1n) is 8.63. The number of aryl methyl sites for hydroxylation is 2. The second-order valence-electron chi connectivity index (χ2n) is 6.23. The van der Waals surface area contributed by atoms with Crippen LogP contribution in [-0.2, 0) is 6.54 Å². The monoisotopic (exact) mass is 362 g/mol. The van der Waals surface area contributed by atoms with Crippen molar-refractivity contribution in [3.05, 3.63) is 77.2 Å².